The fourth-order valence-corrected chi connectivity index (χ4v) is 3.06. The quantitative estimate of drug-likeness (QED) is 0.899. The van der Waals surface area contributed by atoms with Crippen molar-refractivity contribution in [2.24, 2.45) is 5.92 Å². The van der Waals surface area contributed by atoms with Gasteiger partial charge in [-0.25, -0.2) is 8.42 Å². The molecule has 1 aliphatic carbocycles. The lowest BCUT2D eigenvalue weighted by Crippen LogP contribution is -2.13. The van der Waals surface area contributed by atoms with E-state index in [9.17, 15) is 13.2 Å². The molecule has 1 aromatic heterocycles. The van der Waals surface area contributed by atoms with Crippen LogP contribution in [-0.2, 0) is 14.6 Å². The lowest BCUT2D eigenvalue weighted by atomic mass is 10.2. The second kappa shape index (κ2) is 5.77. The normalized spacial score (nSPS) is 14.9. The molecule has 3 rings (SSSR count). The zero-order chi connectivity index (χ0) is 16.6. The highest BCUT2D eigenvalue weighted by molar-refractivity contribution is 7.92. The molecular formula is C15H17N3O4S. The third-order valence-corrected chi connectivity index (χ3v) is 5.82. The maximum Gasteiger partial charge on any atom is 0.322 e. The number of carbonyl (C=O) groups is 1. The molecule has 0 unspecified atom stereocenters. The second-order valence-electron chi connectivity index (χ2n) is 5.79. The number of rotatable bonds is 5. The number of anilines is 1. The Balaban J connectivity index is 1.77. The monoisotopic (exact) mass is 335 g/mol. The van der Waals surface area contributed by atoms with E-state index < -0.39 is 15.1 Å². The highest BCUT2D eigenvalue weighted by atomic mass is 32.2. The average molecular weight is 335 g/mol. The highest BCUT2D eigenvalue weighted by Crippen LogP contribution is 2.30. The molecule has 7 nitrogen and oxygen atoms in total. The first kappa shape index (κ1) is 15.7. The molecule has 23 heavy (non-hydrogen) atoms. The molecule has 0 saturated heterocycles. The van der Waals surface area contributed by atoms with Gasteiger partial charge in [-0.1, -0.05) is 5.10 Å². The molecule has 8 heteroatoms. The van der Waals surface area contributed by atoms with E-state index in [2.05, 4.69) is 15.5 Å². The molecule has 1 fully saturated rings. The first-order valence-corrected chi connectivity index (χ1v) is 8.91. The zero-order valence-corrected chi connectivity index (χ0v) is 13.6. The largest absolute Gasteiger partial charge is 0.403 e. The van der Waals surface area contributed by atoms with Gasteiger partial charge < -0.3 is 4.42 Å². The molecule has 1 amide bonds. The van der Waals surface area contributed by atoms with Crippen LogP contribution >= 0.6 is 0 Å². The Labute approximate surface area is 134 Å². The predicted molar refractivity (Wildman–Crippen MR) is 83.4 cm³/mol. The molecular weight excluding hydrogens is 318 g/mol. The summed E-state index contributed by atoms with van der Waals surface area (Å²) in [6, 6.07) is 6.29. The van der Waals surface area contributed by atoms with Crippen molar-refractivity contribution in [3.63, 3.8) is 0 Å². The van der Waals surface area contributed by atoms with Crippen LogP contribution in [0, 0.1) is 5.92 Å². The molecule has 1 aromatic carbocycles. The fraction of sp³-hybridized carbons (Fsp3) is 0.400. The van der Waals surface area contributed by atoms with Crippen LogP contribution in [0.2, 0.25) is 0 Å². The standard InChI is InChI=1S/C15H17N3O4S/c1-9(2)23(20,21)12-7-5-11(6-8-12)14-17-18-15(22-14)16-13(19)10-3-4-10/h5-10H,3-4H2,1-2H3,(H,16,18,19). The van der Waals surface area contributed by atoms with E-state index in [1.54, 1.807) is 26.0 Å². The molecule has 122 valence electrons. The van der Waals surface area contributed by atoms with Crippen LogP contribution in [0.4, 0.5) is 6.01 Å². The minimum absolute atomic E-state index is 0.0471. The molecule has 0 aliphatic heterocycles. The van der Waals surface area contributed by atoms with Crippen molar-refractivity contribution >= 4 is 21.8 Å². The number of amides is 1. The van der Waals surface area contributed by atoms with Crippen LogP contribution in [0.1, 0.15) is 26.7 Å². The molecule has 0 spiro atoms. The Hall–Kier alpha value is -2.22. The van der Waals surface area contributed by atoms with Crippen molar-refractivity contribution in [3.8, 4) is 11.5 Å². The Morgan fingerprint density at radius 2 is 1.87 bits per heavy atom. The Morgan fingerprint density at radius 1 is 1.22 bits per heavy atom. The van der Waals surface area contributed by atoms with Crippen molar-refractivity contribution in [2.45, 2.75) is 36.8 Å². The van der Waals surface area contributed by atoms with E-state index in [0.29, 0.717) is 5.56 Å². The number of sulfone groups is 1. The van der Waals surface area contributed by atoms with Crippen molar-refractivity contribution < 1.29 is 17.6 Å². The molecule has 1 aliphatic rings. The van der Waals surface area contributed by atoms with E-state index in [1.165, 1.54) is 12.1 Å². The number of benzene rings is 1. The van der Waals surface area contributed by atoms with Gasteiger partial charge in [0, 0.05) is 11.5 Å². The van der Waals surface area contributed by atoms with Crippen molar-refractivity contribution in [1.82, 2.24) is 10.2 Å². The van der Waals surface area contributed by atoms with Crippen molar-refractivity contribution in [2.75, 3.05) is 5.32 Å². The third-order valence-electron chi connectivity index (χ3n) is 3.65. The van der Waals surface area contributed by atoms with Gasteiger partial charge in [0.25, 0.3) is 0 Å². The van der Waals surface area contributed by atoms with E-state index in [-0.39, 0.29) is 28.6 Å². The van der Waals surface area contributed by atoms with Crippen molar-refractivity contribution in [3.05, 3.63) is 24.3 Å². The summed E-state index contributed by atoms with van der Waals surface area (Å²) in [4.78, 5) is 11.9. The number of aromatic nitrogens is 2. The van der Waals surface area contributed by atoms with Crippen LogP contribution in [0.3, 0.4) is 0 Å². The summed E-state index contributed by atoms with van der Waals surface area (Å²) in [5.74, 6) is 0.161. The van der Waals surface area contributed by atoms with Gasteiger partial charge in [0.05, 0.1) is 10.1 Å². The van der Waals surface area contributed by atoms with Crippen LogP contribution in [-0.4, -0.2) is 29.8 Å². The van der Waals surface area contributed by atoms with Gasteiger partial charge in [0.1, 0.15) is 0 Å². The molecule has 1 N–H and O–H groups in total. The number of carbonyl (C=O) groups excluding carboxylic acids is 1. The van der Waals surface area contributed by atoms with Gasteiger partial charge in [-0.2, -0.15) is 0 Å². The summed E-state index contributed by atoms with van der Waals surface area (Å²) >= 11 is 0. The molecule has 1 heterocycles. The third kappa shape index (κ3) is 3.26. The van der Waals surface area contributed by atoms with E-state index >= 15 is 0 Å². The highest BCUT2D eigenvalue weighted by Gasteiger charge is 2.30. The van der Waals surface area contributed by atoms with E-state index in [4.69, 9.17) is 4.42 Å². The Kier molecular flexibility index (Phi) is 3.93. The molecule has 0 bridgehead atoms. The summed E-state index contributed by atoms with van der Waals surface area (Å²) in [5, 5.41) is 9.72. The second-order valence-corrected chi connectivity index (χ2v) is 8.30. The van der Waals surface area contributed by atoms with Crippen LogP contribution in [0.25, 0.3) is 11.5 Å². The number of hydrogen-bond acceptors (Lipinski definition) is 6. The molecule has 2 aromatic rings. The summed E-state index contributed by atoms with van der Waals surface area (Å²) in [5.41, 5.74) is 0.590. The lowest BCUT2D eigenvalue weighted by molar-refractivity contribution is -0.117. The molecule has 0 atom stereocenters. The topological polar surface area (TPSA) is 102 Å². The first-order chi connectivity index (χ1) is 10.9. The SMILES string of the molecule is CC(C)S(=O)(=O)c1ccc(-c2nnc(NC(=O)C3CC3)o2)cc1. The summed E-state index contributed by atoms with van der Waals surface area (Å²) in [6.45, 7) is 3.27. The summed E-state index contributed by atoms with van der Waals surface area (Å²) in [6.07, 6.45) is 1.78. The van der Waals surface area contributed by atoms with Gasteiger partial charge >= 0.3 is 6.01 Å². The maximum atomic E-state index is 12.1. The Morgan fingerprint density at radius 3 is 2.43 bits per heavy atom. The van der Waals surface area contributed by atoms with Gasteiger partial charge in [0.2, 0.25) is 11.8 Å². The van der Waals surface area contributed by atoms with E-state index in [0.717, 1.165) is 12.8 Å². The zero-order valence-electron chi connectivity index (χ0n) is 12.8. The number of nitrogens with one attached hydrogen (secondary N) is 1. The maximum absolute atomic E-state index is 12.1. The summed E-state index contributed by atoms with van der Waals surface area (Å²) in [7, 11) is -3.31. The van der Waals surface area contributed by atoms with Crippen LogP contribution in [0.5, 0.6) is 0 Å². The van der Waals surface area contributed by atoms with Crippen molar-refractivity contribution in [1.29, 1.82) is 0 Å². The van der Waals surface area contributed by atoms with Crippen LogP contribution in [0.15, 0.2) is 33.6 Å². The fourth-order valence-electron chi connectivity index (χ4n) is 2.00. The van der Waals surface area contributed by atoms with E-state index in [1.807, 2.05) is 0 Å². The summed E-state index contributed by atoms with van der Waals surface area (Å²) < 4.78 is 29.5. The Bertz CT molecular complexity index is 821. The van der Waals surface area contributed by atoms with Gasteiger partial charge in [0.15, 0.2) is 9.84 Å². The molecule has 1 saturated carbocycles. The smallest absolute Gasteiger partial charge is 0.322 e. The number of hydrogen-bond donors (Lipinski definition) is 1. The van der Waals surface area contributed by atoms with Crippen LogP contribution < -0.4 is 5.32 Å². The lowest BCUT2D eigenvalue weighted by Gasteiger charge is -2.07. The number of nitrogens with zero attached hydrogens (tertiary/aromatic N) is 2. The van der Waals surface area contributed by atoms with Gasteiger partial charge in [-0.3, -0.25) is 10.1 Å². The predicted octanol–water partition coefficient (Wildman–Crippen LogP) is 2.27. The first-order valence-electron chi connectivity index (χ1n) is 7.36. The minimum atomic E-state index is -3.31. The minimum Gasteiger partial charge on any atom is -0.403 e. The van der Waals surface area contributed by atoms with Gasteiger partial charge in [-0.05, 0) is 51.0 Å². The molecule has 0 radical (unpaired) electrons. The van der Waals surface area contributed by atoms with Gasteiger partial charge in [-0.15, -0.1) is 5.10 Å². The average Bonchev–Trinajstić information content (AvgIpc) is 3.28.